The molecular weight excluding hydrogens is 311 g/mol. The van der Waals surface area contributed by atoms with Crippen LogP contribution in [0.2, 0.25) is 0 Å². The third kappa shape index (κ3) is 2.29. The zero-order valence-corrected chi connectivity index (χ0v) is 15.4. The molecule has 0 N–H and O–H groups in total. The van der Waals surface area contributed by atoms with E-state index in [2.05, 4.69) is 74.5 Å². The Hall–Kier alpha value is -1.46. The van der Waals surface area contributed by atoms with Crippen molar-refractivity contribution in [2.75, 3.05) is 6.16 Å². The number of benzene rings is 2. The van der Waals surface area contributed by atoms with Crippen LogP contribution in [0.1, 0.15) is 33.1 Å². The van der Waals surface area contributed by atoms with Gasteiger partial charge < -0.3 is 0 Å². The van der Waals surface area contributed by atoms with Gasteiger partial charge in [-0.3, -0.25) is 4.79 Å². The molecule has 2 bridgehead atoms. The van der Waals surface area contributed by atoms with Crippen LogP contribution < -0.4 is 10.6 Å². The van der Waals surface area contributed by atoms with E-state index in [1.165, 1.54) is 17.0 Å². The number of hydrogen-bond acceptors (Lipinski definition) is 1. The molecule has 0 heterocycles. The number of ketones is 1. The molecule has 2 aliphatic rings. The number of carbonyl (C=O) groups is 1. The molecule has 0 saturated heterocycles. The lowest BCUT2D eigenvalue weighted by atomic mass is 9.70. The first-order chi connectivity index (χ1) is 11.5. The lowest BCUT2D eigenvalue weighted by molar-refractivity contribution is -0.128. The van der Waals surface area contributed by atoms with E-state index < -0.39 is 7.92 Å². The first-order valence-electron chi connectivity index (χ1n) is 8.95. The van der Waals surface area contributed by atoms with Gasteiger partial charge in [0.15, 0.2) is 0 Å². The van der Waals surface area contributed by atoms with Crippen LogP contribution >= 0.6 is 7.92 Å². The Bertz CT molecular complexity index is 702. The first-order valence-corrected chi connectivity index (χ1v) is 10.5. The zero-order chi connectivity index (χ0) is 16.8. The summed E-state index contributed by atoms with van der Waals surface area (Å²) >= 11 is 0. The molecule has 2 fully saturated rings. The van der Waals surface area contributed by atoms with Crippen molar-refractivity contribution in [2.45, 2.75) is 33.1 Å². The SMILES string of the molecule is C[C@]12CC[C@H](CC1=O)[C@@]2(C)CP(c1ccccc1)c1ccccc1. The fourth-order valence-corrected chi connectivity index (χ4v) is 7.92. The third-order valence-corrected chi connectivity index (χ3v) is 9.64. The number of Topliss-reactive ketones (excluding diaryl/α,β-unsaturated/α-hetero) is 1. The summed E-state index contributed by atoms with van der Waals surface area (Å²) < 4.78 is 0. The lowest BCUT2D eigenvalue weighted by Gasteiger charge is -2.40. The predicted octanol–water partition coefficient (Wildman–Crippen LogP) is 4.51. The summed E-state index contributed by atoms with van der Waals surface area (Å²) in [5.74, 6) is 1.09. The Morgan fingerprint density at radius 3 is 1.92 bits per heavy atom. The van der Waals surface area contributed by atoms with Crippen molar-refractivity contribution < 1.29 is 4.79 Å². The number of hydrogen-bond donors (Lipinski definition) is 0. The second-order valence-corrected chi connectivity index (χ2v) is 10.1. The fourth-order valence-electron chi connectivity index (χ4n) is 4.93. The summed E-state index contributed by atoms with van der Waals surface area (Å²) in [5, 5.41) is 2.87. The van der Waals surface area contributed by atoms with E-state index in [-0.39, 0.29) is 10.8 Å². The van der Waals surface area contributed by atoms with Gasteiger partial charge in [0, 0.05) is 11.8 Å². The van der Waals surface area contributed by atoms with Crippen LogP contribution in [0.25, 0.3) is 0 Å². The molecule has 0 aromatic heterocycles. The lowest BCUT2D eigenvalue weighted by Crippen LogP contribution is -2.39. The largest absolute Gasteiger partial charge is 0.299 e. The van der Waals surface area contributed by atoms with Crippen molar-refractivity contribution in [1.82, 2.24) is 0 Å². The highest BCUT2D eigenvalue weighted by Crippen LogP contribution is 2.66. The quantitative estimate of drug-likeness (QED) is 0.751. The van der Waals surface area contributed by atoms with Gasteiger partial charge in [-0.2, -0.15) is 0 Å². The van der Waals surface area contributed by atoms with E-state index in [1.54, 1.807) is 0 Å². The van der Waals surface area contributed by atoms with E-state index in [1.807, 2.05) is 0 Å². The molecule has 124 valence electrons. The van der Waals surface area contributed by atoms with Gasteiger partial charge >= 0.3 is 0 Å². The van der Waals surface area contributed by atoms with Gasteiger partial charge in [-0.15, -0.1) is 0 Å². The molecule has 2 aliphatic carbocycles. The monoisotopic (exact) mass is 336 g/mol. The highest BCUT2D eigenvalue weighted by atomic mass is 31.1. The molecule has 0 spiro atoms. The molecule has 2 aromatic rings. The summed E-state index contributed by atoms with van der Waals surface area (Å²) in [6.45, 7) is 4.64. The Kier molecular flexibility index (Phi) is 3.88. The average molecular weight is 336 g/mol. The summed E-state index contributed by atoms with van der Waals surface area (Å²) in [7, 11) is -0.427. The van der Waals surface area contributed by atoms with Crippen molar-refractivity contribution in [3.05, 3.63) is 60.7 Å². The maximum absolute atomic E-state index is 12.6. The van der Waals surface area contributed by atoms with Gasteiger partial charge in [-0.25, -0.2) is 0 Å². The molecule has 0 unspecified atom stereocenters. The van der Waals surface area contributed by atoms with E-state index in [0.717, 1.165) is 19.0 Å². The smallest absolute Gasteiger partial charge is 0.139 e. The van der Waals surface area contributed by atoms with Crippen LogP contribution in [0.5, 0.6) is 0 Å². The molecule has 2 saturated carbocycles. The minimum Gasteiger partial charge on any atom is -0.299 e. The fraction of sp³-hybridized carbons (Fsp3) is 0.409. The van der Waals surface area contributed by atoms with Crippen molar-refractivity contribution in [3.8, 4) is 0 Å². The Labute approximate surface area is 146 Å². The predicted molar refractivity (Wildman–Crippen MR) is 103 cm³/mol. The van der Waals surface area contributed by atoms with Crippen molar-refractivity contribution in [3.63, 3.8) is 0 Å². The van der Waals surface area contributed by atoms with E-state index in [9.17, 15) is 4.79 Å². The molecule has 0 radical (unpaired) electrons. The van der Waals surface area contributed by atoms with Gasteiger partial charge in [0.25, 0.3) is 0 Å². The minimum absolute atomic E-state index is 0.109. The van der Waals surface area contributed by atoms with Gasteiger partial charge in [-0.05, 0) is 48.9 Å². The normalized spacial score (nSPS) is 31.8. The second kappa shape index (κ2) is 5.81. The maximum Gasteiger partial charge on any atom is 0.139 e. The summed E-state index contributed by atoms with van der Waals surface area (Å²) in [5.41, 5.74) is 0.0310. The number of carbonyl (C=O) groups excluding carboxylic acids is 1. The highest BCUT2D eigenvalue weighted by molar-refractivity contribution is 7.73. The van der Waals surface area contributed by atoms with Crippen LogP contribution in [0.4, 0.5) is 0 Å². The van der Waals surface area contributed by atoms with Crippen LogP contribution in [0, 0.1) is 16.7 Å². The van der Waals surface area contributed by atoms with E-state index >= 15 is 0 Å². The molecule has 24 heavy (non-hydrogen) atoms. The standard InChI is InChI=1S/C22H25OP/c1-21-14-13-17(15-20(21)23)22(21,2)16-24(18-9-5-3-6-10-18)19-11-7-4-8-12-19/h3-12,17H,13-16H2,1-2H3/t17-,21+,22-/m1/s1. The van der Waals surface area contributed by atoms with Crippen LogP contribution in [-0.2, 0) is 4.79 Å². The first kappa shape index (κ1) is 16.0. The van der Waals surface area contributed by atoms with E-state index in [0.29, 0.717) is 11.7 Å². The van der Waals surface area contributed by atoms with Crippen molar-refractivity contribution in [2.24, 2.45) is 16.7 Å². The van der Waals surface area contributed by atoms with Gasteiger partial charge in [0.1, 0.15) is 5.78 Å². The Balaban J connectivity index is 1.75. The molecule has 2 heteroatoms. The summed E-state index contributed by atoms with van der Waals surface area (Å²) in [6.07, 6.45) is 4.24. The summed E-state index contributed by atoms with van der Waals surface area (Å²) in [6, 6.07) is 21.8. The molecule has 4 rings (SSSR count). The molecule has 1 nitrogen and oxygen atoms in total. The second-order valence-electron chi connectivity index (χ2n) is 7.87. The minimum atomic E-state index is -0.427. The molecule has 2 aromatic carbocycles. The van der Waals surface area contributed by atoms with Crippen molar-refractivity contribution in [1.29, 1.82) is 0 Å². The van der Waals surface area contributed by atoms with Crippen LogP contribution in [-0.4, -0.2) is 11.9 Å². The third-order valence-electron chi connectivity index (χ3n) is 6.82. The van der Waals surface area contributed by atoms with Gasteiger partial charge in [-0.1, -0.05) is 74.5 Å². The molecule has 0 aliphatic heterocycles. The average Bonchev–Trinajstić information content (AvgIpc) is 2.96. The molecular formula is C22H25OP. The van der Waals surface area contributed by atoms with Gasteiger partial charge in [0.05, 0.1) is 0 Å². The Morgan fingerprint density at radius 2 is 1.50 bits per heavy atom. The maximum atomic E-state index is 12.6. The van der Waals surface area contributed by atoms with Crippen LogP contribution in [0.15, 0.2) is 60.7 Å². The van der Waals surface area contributed by atoms with Crippen LogP contribution in [0.3, 0.4) is 0 Å². The number of fused-ring (bicyclic) bond motifs is 2. The highest BCUT2D eigenvalue weighted by Gasteiger charge is 2.64. The van der Waals surface area contributed by atoms with Crippen molar-refractivity contribution >= 4 is 24.3 Å². The summed E-state index contributed by atoms with van der Waals surface area (Å²) in [4.78, 5) is 12.6. The molecule has 3 atom stereocenters. The van der Waals surface area contributed by atoms with E-state index in [4.69, 9.17) is 0 Å². The molecule has 0 amide bonds. The number of rotatable bonds is 4. The zero-order valence-electron chi connectivity index (χ0n) is 14.5. The topological polar surface area (TPSA) is 17.1 Å². The Morgan fingerprint density at radius 1 is 0.958 bits per heavy atom. The van der Waals surface area contributed by atoms with Gasteiger partial charge in [0.2, 0.25) is 0 Å².